The second-order valence-electron chi connectivity index (χ2n) is 2.76. The van der Waals surface area contributed by atoms with Gasteiger partial charge in [0, 0.05) is 6.07 Å². The largest absolute Gasteiger partial charge is 0.479 e. The minimum atomic E-state index is -1.28. The van der Waals surface area contributed by atoms with Crippen LogP contribution < -0.4 is 4.74 Å². The Labute approximate surface area is 92.9 Å². The highest BCUT2D eigenvalue weighted by molar-refractivity contribution is 5.56. The topological polar surface area (TPSA) is 113 Å². The van der Waals surface area contributed by atoms with Gasteiger partial charge in [-0.2, -0.15) is 4.39 Å². The van der Waals surface area contributed by atoms with Gasteiger partial charge in [0.15, 0.2) is 6.29 Å². The molecule has 9 heteroatoms. The molecule has 0 aliphatic carbocycles. The summed E-state index contributed by atoms with van der Waals surface area (Å²) in [6, 6.07) is 0.940. The molecular weight excluding hydrogens is 239 g/mol. The van der Waals surface area contributed by atoms with Crippen LogP contribution in [0.1, 0.15) is 0 Å². The lowest BCUT2D eigenvalue weighted by molar-refractivity contribution is -0.396. The molecule has 1 rings (SSSR count). The molecule has 0 saturated heterocycles. The van der Waals surface area contributed by atoms with E-state index in [9.17, 15) is 29.4 Å². The zero-order valence-corrected chi connectivity index (χ0v) is 8.16. The standard InChI is InChI=1S/C8H5FN2O6/c9-5-3-8(17-2-1-12)7(11(15)16)4-6(5)10(13)14/h1,3-4H,2H2. The van der Waals surface area contributed by atoms with Crippen molar-refractivity contribution < 1.29 is 23.8 Å². The molecule has 0 unspecified atom stereocenters. The molecule has 0 N–H and O–H groups in total. The molecule has 1 aromatic carbocycles. The number of halogens is 1. The van der Waals surface area contributed by atoms with Gasteiger partial charge in [0.25, 0.3) is 0 Å². The summed E-state index contributed by atoms with van der Waals surface area (Å²) in [5.41, 5.74) is -1.81. The average Bonchev–Trinajstić information content (AvgIpc) is 2.25. The van der Waals surface area contributed by atoms with Crippen molar-refractivity contribution in [3.05, 3.63) is 38.2 Å². The van der Waals surface area contributed by atoms with Crippen LogP contribution >= 0.6 is 0 Å². The molecule has 0 bridgehead atoms. The molecule has 0 aliphatic heterocycles. The SMILES string of the molecule is O=CCOc1cc(F)c([N+](=O)[O-])cc1[N+](=O)[O-]. The van der Waals surface area contributed by atoms with Crippen LogP contribution in [0.2, 0.25) is 0 Å². The lowest BCUT2D eigenvalue weighted by Crippen LogP contribution is -2.03. The molecule has 17 heavy (non-hydrogen) atoms. The molecule has 0 aromatic heterocycles. The second-order valence-corrected chi connectivity index (χ2v) is 2.76. The van der Waals surface area contributed by atoms with Gasteiger partial charge in [0.2, 0.25) is 11.6 Å². The number of carbonyl (C=O) groups is 1. The summed E-state index contributed by atoms with van der Waals surface area (Å²) in [5.74, 6) is -1.81. The van der Waals surface area contributed by atoms with E-state index in [4.69, 9.17) is 0 Å². The fraction of sp³-hybridized carbons (Fsp3) is 0.125. The minimum Gasteiger partial charge on any atom is -0.479 e. The Kier molecular flexibility index (Phi) is 3.65. The van der Waals surface area contributed by atoms with Crippen molar-refractivity contribution in [1.29, 1.82) is 0 Å². The molecule has 0 heterocycles. The molecule has 0 fully saturated rings. The highest BCUT2D eigenvalue weighted by Gasteiger charge is 2.25. The van der Waals surface area contributed by atoms with Crippen molar-refractivity contribution in [1.82, 2.24) is 0 Å². The summed E-state index contributed by atoms with van der Waals surface area (Å²) in [6.45, 7) is -0.516. The second kappa shape index (κ2) is 4.96. The van der Waals surface area contributed by atoms with E-state index in [2.05, 4.69) is 4.74 Å². The summed E-state index contributed by atoms with van der Waals surface area (Å²) in [4.78, 5) is 28.9. The van der Waals surface area contributed by atoms with Gasteiger partial charge in [-0.15, -0.1) is 0 Å². The van der Waals surface area contributed by atoms with Crippen molar-refractivity contribution in [3.63, 3.8) is 0 Å². The van der Waals surface area contributed by atoms with Crippen LogP contribution in [0.15, 0.2) is 12.1 Å². The van der Waals surface area contributed by atoms with Crippen LogP contribution in [-0.4, -0.2) is 22.7 Å². The summed E-state index contributed by atoms with van der Waals surface area (Å²) >= 11 is 0. The van der Waals surface area contributed by atoms with Gasteiger partial charge in [0.05, 0.1) is 9.85 Å². The Bertz CT molecular complexity index is 489. The van der Waals surface area contributed by atoms with Crippen LogP contribution in [0.4, 0.5) is 15.8 Å². The van der Waals surface area contributed by atoms with E-state index in [-0.39, 0.29) is 0 Å². The van der Waals surface area contributed by atoms with Crippen molar-refractivity contribution in [2.45, 2.75) is 0 Å². The maximum absolute atomic E-state index is 13.1. The van der Waals surface area contributed by atoms with Crippen LogP contribution in [0.3, 0.4) is 0 Å². The van der Waals surface area contributed by atoms with E-state index >= 15 is 0 Å². The molecule has 0 atom stereocenters. The van der Waals surface area contributed by atoms with E-state index in [1.807, 2.05) is 0 Å². The van der Waals surface area contributed by atoms with Gasteiger partial charge >= 0.3 is 11.4 Å². The number of carbonyl (C=O) groups excluding carboxylic acids is 1. The predicted octanol–water partition coefficient (Wildman–Crippen LogP) is 1.22. The maximum Gasteiger partial charge on any atom is 0.318 e. The molecule has 1 aromatic rings. The molecule has 0 aliphatic rings. The third kappa shape index (κ3) is 2.71. The zero-order valence-electron chi connectivity index (χ0n) is 8.16. The molecular formula is C8H5FN2O6. The van der Waals surface area contributed by atoms with Gasteiger partial charge in [-0.1, -0.05) is 0 Å². The number of benzene rings is 1. The van der Waals surface area contributed by atoms with E-state index in [1.54, 1.807) is 0 Å². The predicted molar refractivity (Wildman–Crippen MR) is 51.3 cm³/mol. The van der Waals surface area contributed by atoms with Crippen LogP contribution in [0, 0.1) is 26.0 Å². The van der Waals surface area contributed by atoms with Gasteiger partial charge in [-0.3, -0.25) is 25.0 Å². The fourth-order valence-electron chi connectivity index (χ4n) is 1.05. The van der Waals surface area contributed by atoms with Crippen molar-refractivity contribution in [2.75, 3.05) is 6.61 Å². The first kappa shape index (κ1) is 12.5. The van der Waals surface area contributed by atoms with Gasteiger partial charge in [-0.25, -0.2) is 0 Å². The summed E-state index contributed by atoms with van der Waals surface area (Å²) in [7, 11) is 0. The van der Waals surface area contributed by atoms with Gasteiger partial charge in [0.1, 0.15) is 12.7 Å². The smallest absolute Gasteiger partial charge is 0.318 e. The number of aldehydes is 1. The zero-order chi connectivity index (χ0) is 13.0. The first-order valence-electron chi connectivity index (χ1n) is 4.16. The van der Waals surface area contributed by atoms with E-state index in [0.29, 0.717) is 18.4 Å². The number of nitrogens with zero attached hydrogens (tertiary/aromatic N) is 2. The quantitative estimate of drug-likeness (QED) is 0.437. The monoisotopic (exact) mass is 244 g/mol. The van der Waals surface area contributed by atoms with Crippen LogP contribution in [-0.2, 0) is 4.79 Å². The number of hydrogen-bond donors (Lipinski definition) is 0. The van der Waals surface area contributed by atoms with Crippen LogP contribution in [0.5, 0.6) is 5.75 Å². The lowest BCUT2D eigenvalue weighted by Gasteiger charge is -2.03. The van der Waals surface area contributed by atoms with Crippen molar-refractivity contribution in [2.24, 2.45) is 0 Å². The summed E-state index contributed by atoms with van der Waals surface area (Å²) in [5, 5.41) is 20.9. The van der Waals surface area contributed by atoms with E-state index in [0.717, 1.165) is 0 Å². The third-order valence-electron chi connectivity index (χ3n) is 1.73. The lowest BCUT2D eigenvalue weighted by atomic mass is 10.2. The van der Waals surface area contributed by atoms with E-state index < -0.39 is 39.4 Å². The van der Waals surface area contributed by atoms with Crippen molar-refractivity contribution >= 4 is 17.7 Å². The Balaban J connectivity index is 3.30. The first-order valence-corrected chi connectivity index (χ1v) is 4.16. The molecule has 0 amide bonds. The Morgan fingerprint density at radius 2 is 1.82 bits per heavy atom. The van der Waals surface area contributed by atoms with Gasteiger partial charge < -0.3 is 4.74 Å². The molecule has 90 valence electrons. The molecule has 0 spiro atoms. The first-order chi connectivity index (χ1) is 7.97. The number of hydrogen-bond acceptors (Lipinski definition) is 6. The normalized spacial score (nSPS) is 9.71. The number of ether oxygens (including phenoxy) is 1. The maximum atomic E-state index is 13.1. The molecule has 0 radical (unpaired) electrons. The Hall–Kier alpha value is -2.58. The van der Waals surface area contributed by atoms with E-state index in [1.165, 1.54) is 0 Å². The fourth-order valence-corrected chi connectivity index (χ4v) is 1.05. The molecule has 8 nitrogen and oxygen atoms in total. The summed E-state index contributed by atoms with van der Waals surface area (Å²) < 4.78 is 17.7. The summed E-state index contributed by atoms with van der Waals surface area (Å²) in [6.07, 6.45) is 0.309. The molecule has 0 saturated carbocycles. The third-order valence-corrected chi connectivity index (χ3v) is 1.73. The highest BCUT2D eigenvalue weighted by Crippen LogP contribution is 2.33. The average molecular weight is 244 g/mol. The number of nitro groups is 2. The van der Waals surface area contributed by atoms with Crippen LogP contribution in [0.25, 0.3) is 0 Å². The van der Waals surface area contributed by atoms with Gasteiger partial charge in [-0.05, 0) is 0 Å². The number of nitro benzene ring substituents is 2. The Morgan fingerprint density at radius 1 is 1.24 bits per heavy atom. The number of rotatable bonds is 5. The minimum absolute atomic E-state index is 0.309. The Morgan fingerprint density at radius 3 is 2.29 bits per heavy atom. The highest BCUT2D eigenvalue weighted by atomic mass is 19.1. The van der Waals surface area contributed by atoms with Crippen molar-refractivity contribution in [3.8, 4) is 5.75 Å².